The Bertz CT molecular complexity index is 369. The van der Waals surface area contributed by atoms with Gasteiger partial charge in [0.05, 0.1) is 12.6 Å². The predicted molar refractivity (Wildman–Crippen MR) is 58.8 cm³/mol. The lowest BCUT2D eigenvalue weighted by molar-refractivity contribution is 0.182. The molecule has 1 unspecified atom stereocenters. The molecular weight excluding hydrogens is 206 g/mol. The molecule has 1 aliphatic rings. The molecule has 2 heterocycles. The maximum atomic E-state index is 11.8. The largest absolute Gasteiger partial charge is 0.395 e. The zero-order valence-electron chi connectivity index (χ0n) is 9.21. The molecule has 0 aromatic carbocycles. The van der Waals surface area contributed by atoms with Gasteiger partial charge in [-0.25, -0.2) is 4.79 Å². The van der Waals surface area contributed by atoms with Gasteiger partial charge in [0.25, 0.3) is 0 Å². The van der Waals surface area contributed by atoms with Crippen molar-refractivity contribution in [2.45, 2.75) is 6.04 Å². The molecule has 0 spiro atoms. The van der Waals surface area contributed by atoms with Crippen LogP contribution in [0.3, 0.4) is 0 Å². The minimum absolute atomic E-state index is 0.000655. The van der Waals surface area contributed by atoms with Crippen molar-refractivity contribution >= 4 is 6.03 Å². The first-order valence-electron chi connectivity index (χ1n) is 5.26. The average molecular weight is 221 g/mol. The van der Waals surface area contributed by atoms with Crippen LogP contribution in [0.2, 0.25) is 0 Å². The summed E-state index contributed by atoms with van der Waals surface area (Å²) in [4.78, 5) is 19.2. The number of aliphatic hydroxyl groups is 1. The van der Waals surface area contributed by atoms with E-state index < -0.39 is 0 Å². The molecule has 5 nitrogen and oxygen atoms in total. The van der Waals surface area contributed by atoms with Gasteiger partial charge in [-0.05, 0) is 11.6 Å². The van der Waals surface area contributed by atoms with Gasteiger partial charge in [-0.1, -0.05) is 6.07 Å². The second kappa shape index (κ2) is 4.49. The van der Waals surface area contributed by atoms with Crippen LogP contribution in [0.15, 0.2) is 24.5 Å². The fraction of sp³-hybridized carbons (Fsp3) is 0.455. The Morgan fingerprint density at radius 3 is 3.06 bits per heavy atom. The molecule has 5 heteroatoms. The van der Waals surface area contributed by atoms with Gasteiger partial charge in [0.2, 0.25) is 0 Å². The van der Waals surface area contributed by atoms with E-state index in [1.54, 1.807) is 29.2 Å². The Kier molecular flexibility index (Phi) is 3.05. The van der Waals surface area contributed by atoms with Crippen molar-refractivity contribution in [3.8, 4) is 0 Å². The Balaban J connectivity index is 2.16. The molecule has 0 bridgehead atoms. The lowest BCUT2D eigenvalue weighted by atomic mass is 10.1. The van der Waals surface area contributed by atoms with Crippen molar-refractivity contribution in [1.82, 2.24) is 14.8 Å². The van der Waals surface area contributed by atoms with Crippen LogP contribution in [-0.2, 0) is 0 Å². The van der Waals surface area contributed by atoms with E-state index in [0.29, 0.717) is 13.1 Å². The molecule has 86 valence electrons. The molecule has 1 aromatic heterocycles. The van der Waals surface area contributed by atoms with E-state index in [9.17, 15) is 4.79 Å². The third-order valence-electron chi connectivity index (χ3n) is 2.87. The summed E-state index contributed by atoms with van der Waals surface area (Å²) in [6.07, 6.45) is 3.49. The van der Waals surface area contributed by atoms with Crippen LogP contribution in [0.5, 0.6) is 0 Å². The molecule has 1 N–H and O–H groups in total. The number of amides is 2. The first-order chi connectivity index (χ1) is 7.74. The highest BCUT2D eigenvalue weighted by molar-refractivity contribution is 5.77. The Hall–Kier alpha value is -1.62. The lowest BCUT2D eigenvalue weighted by Gasteiger charge is -2.17. The Morgan fingerprint density at radius 2 is 2.44 bits per heavy atom. The third-order valence-corrected chi connectivity index (χ3v) is 2.87. The first kappa shape index (κ1) is 10.9. The number of aromatic nitrogens is 1. The summed E-state index contributed by atoms with van der Waals surface area (Å²) in [6.45, 7) is 1.00. The van der Waals surface area contributed by atoms with E-state index in [2.05, 4.69) is 4.98 Å². The molecule has 1 saturated heterocycles. The number of hydrogen-bond donors (Lipinski definition) is 1. The molecule has 0 aliphatic carbocycles. The van der Waals surface area contributed by atoms with Crippen LogP contribution in [0.25, 0.3) is 0 Å². The van der Waals surface area contributed by atoms with Gasteiger partial charge < -0.3 is 14.9 Å². The van der Waals surface area contributed by atoms with Crippen LogP contribution in [0.4, 0.5) is 4.79 Å². The number of β-amino-alcohol motifs (C(OH)–C–C–N with tert-alkyl or cyclic N) is 1. The monoisotopic (exact) mass is 221 g/mol. The van der Waals surface area contributed by atoms with Crippen LogP contribution in [0.1, 0.15) is 11.6 Å². The van der Waals surface area contributed by atoms with Crippen molar-refractivity contribution < 1.29 is 9.90 Å². The quantitative estimate of drug-likeness (QED) is 0.807. The molecule has 1 fully saturated rings. The number of urea groups is 1. The summed E-state index contributed by atoms with van der Waals surface area (Å²) in [5.74, 6) is 0. The number of likely N-dealkylation sites (N-methyl/N-ethyl adjacent to an activating group) is 1. The summed E-state index contributed by atoms with van der Waals surface area (Å²) < 4.78 is 0. The van der Waals surface area contributed by atoms with Crippen molar-refractivity contribution in [1.29, 1.82) is 0 Å². The lowest BCUT2D eigenvalue weighted by Crippen LogP contribution is -2.31. The van der Waals surface area contributed by atoms with Gasteiger partial charge in [0.15, 0.2) is 0 Å². The van der Waals surface area contributed by atoms with E-state index in [1.165, 1.54) is 0 Å². The zero-order valence-corrected chi connectivity index (χ0v) is 9.21. The summed E-state index contributed by atoms with van der Waals surface area (Å²) in [6, 6.07) is 3.82. The van der Waals surface area contributed by atoms with Crippen LogP contribution in [-0.4, -0.2) is 52.7 Å². The fourth-order valence-electron chi connectivity index (χ4n) is 1.98. The number of aliphatic hydroxyl groups excluding tert-OH is 1. The Morgan fingerprint density at radius 1 is 1.62 bits per heavy atom. The fourth-order valence-corrected chi connectivity index (χ4v) is 1.98. The number of rotatable bonds is 3. The van der Waals surface area contributed by atoms with Crippen LogP contribution in [0, 0.1) is 0 Å². The predicted octanol–water partition coefficient (Wildman–Crippen LogP) is 0.482. The highest BCUT2D eigenvalue weighted by Crippen LogP contribution is 2.26. The van der Waals surface area contributed by atoms with Crippen LogP contribution < -0.4 is 0 Å². The molecule has 2 rings (SSSR count). The van der Waals surface area contributed by atoms with Gasteiger partial charge in [-0.2, -0.15) is 0 Å². The van der Waals surface area contributed by atoms with E-state index >= 15 is 0 Å². The minimum Gasteiger partial charge on any atom is -0.395 e. The van der Waals surface area contributed by atoms with Gasteiger partial charge in [0, 0.05) is 32.5 Å². The van der Waals surface area contributed by atoms with E-state index in [-0.39, 0.29) is 18.7 Å². The van der Waals surface area contributed by atoms with E-state index in [0.717, 1.165) is 5.56 Å². The molecule has 1 aromatic rings. The van der Waals surface area contributed by atoms with E-state index in [1.807, 2.05) is 12.1 Å². The normalized spacial score (nSPS) is 20.6. The second-order valence-corrected chi connectivity index (χ2v) is 3.87. The van der Waals surface area contributed by atoms with Gasteiger partial charge in [-0.15, -0.1) is 0 Å². The topological polar surface area (TPSA) is 56.7 Å². The highest BCUT2D eigenvalue weighted by atomic mass is 16.3. The first-order valence-corrected chi connectivity index (χ1v) is 5.26. The second-order valence-electron chi connectivity index (χ2n) is 3.87. The SMILES string of the molecule is CN1C(=O)N(CCO)CC1c1cccnc1. The molecule has 1 atom stereocenters. The number of carbonyl (C=O) groups excluding carboxylic acids is 1. The smallest absolute Gasteiger partial charge is 0.320 e. The number of carbonyl (C=O) groups is 1. The Labute approximate surface area is 94.3 Å². The summed E-state index contributed by atoms with van der Waals surface area (Å²) in [7, 11) is 1.78. The molecule has 0 saturated carbocycles. The maximum Gasteiger partial charge on any atom is 0.320 e. The third kappa shape index (κ3) is 1.86. The van der Waals surface area contributed by atoms with Crippen molar-refractivity contribution in [2.24, 2.45) is 0 Å². The van der Waals surface area contributed by atoms with Gasteiger partial charge in [0.1, 0.15) is 0 Å². The summed E-state index contributed by atoms with van der Waals surface area (Å²) in [5, 5.41) is 8.86. The van der Waals surface area contributed by atoms with Crippen molar-refractivity contribution in [3.05, 3.63) is 30.1 Å². The number of hydrogen-bond acceptors (Lipinski definition) is 3. The molecule has 16 heavy (non-hydrogen) atoms. The van der Waals surface area contributed by atoms with Gasteiger partial charge in [-0.3, -0.25) is 4.98 Å². The zero-order chi connectivity index (χ0) is 11.5. The minimum atomic E-state index is -0.0390. The maximum absolute atomic E-state index is 11.8. The molecule has 0 radical (unpaired) electrons. The van der Waals surface area contributed by atoms with Gasteiger partial charge >= 0.3 is 6.03 Å². The highest BCUT2D eigenvalue weighted by Gasteiger charge is 2.34. The molecule has 1 aliphatic heterocycles. The summed E-state index contributed by atoms with van der Waals surface area (Å²) in [5.41, 5.74) is 1.03. The summed E-state index contributed by atoms with van der Waals surface area (Å²) >= 11 is 0. The van der Waals surface area contributed by atoms with Crippen LogP contribution >= 0.6 is 0 Å². The number of nitrogens with zero attached hydrogens (tertiary/aromatic N) is 3. The van der Waals surface area contributed by atoms with Crippen molar-refractivity contribution in [2.75, 3.05) is 26.7 Å². The van der Waals surface area contributed by atoms with E-state index in [4.69, 9.17) is 5.11 Å². The molecule has 2 amide bonds. The molecular formula is C11H15N3O2. The number of pyridine rings is 1. The van der Waals surface area contributed by atoms with Crippen molar-refractivity contribution in [3.63, 3.8) is 0 Å². The standard InChI is InChI=1S/C11H15N3O2/c1-13-10(9-3-2-4-12-7-9)8-14(5-6-15)11(13)16/h2-4,7,10,15H,5-6,8H2,1H3. The average Bonchev–Trinajstić information content (AvgIpc) is 2.59.